The number of hydrogen-bond donors (Lipinski definition) is 2. The van der Waals surface area contributed by atoms with E-state index in [0.717, 1.165) is 34.3 Å². The lowest BCUT2D eigenvalue weighted by molar-refractivity contribution is 0.100. The Bertz CT molecular complexity index is 2020. The summed E-state index contributed by atoms with van der Waals surface area (Å²) in [6.45, 7) is 4.11. The topological polar surface area (TPSA) is 139 Å². The number of nitrogen functional groups attached to an aromatic ring is 1. The van der Waals surface area contributed by atoms with Gasteiger partial charge in [-0.2, -0.15) is 5.10 Å². The molecule has 0 aliphatic heterocycles. The fourth-order valence-electron chi connectivity index (χ4n) is 4.52. The van der Waals surface area contributed by atoms with E-state index in [0.29, 0.717) is 11.0 Å². The lowest BCUT2D eigenvalue weighted by Gasteiger charge is -2.14. The van der Waals surface area contributed by atoms with E-state index in [9.17, 15) is 9.59 Å². The predicted molar refractivity (Wildman–Crippen MR) is 159 cm³/mol. The van der Waals surface area contributed by atoms with E-state index in [2.05, 4.69) is 40.0 Å². The van der Waals surface area contributed by atoms with Crippen molar-refractivity contribution in [1.29, 1.82) is 0 Å². The first-order valence-electron chi connectivity index (χ1n) is 12.9. The number of amides is 1. The molecule has 0 bridgehead atoms. The van der Waals surface area contributed by atoms with E-state index in [1.807, 2.05) is 62.6 Å². The molecule has 0 radical (unpaired) electrons. The van der Waals surface area contributed by atoms with Crippen molar-refractivity contribution in [3.05, 3.63) is 118 Å². The zero-order valence-electron chi connectivity index (χ0n) is 22.9. The smallest absolute Gasteiger partial charge is 0.264 e. The largest absolute Gasteiger partial charge is 0.381 e. The van der Waals surface area contributed by atoms with Gasteiger partial charge in [0, 0.05) is 42.6 Å². The van der Waals surface area contributed by atoms with Crippen molar-refractivity contribution in [1.82, 2.24) is 28.9 Å². The number of fused-ring (bicyclic) bond motifs is 2. The number of benzene rings is 2. The summed E-state index contributed by atoms with van der Waals surface area (Å²) in [4.78, 5) is 28.4. The summed E-state index contributed by atoms with van der Waals surface area (Å²) >= 11 is 0. The summed E-state index contributed by atoms with van der Waals surface area (Å²) in [7, 11) is 1.86. The van der Waals surface area contributed by atoms with Crippen LogP contribution in [0.1, 0.15) is 39.7 Å². The van der Waals surface area contributed by atoms with Crippen LogP contribution in [0.3, 0.4) is 0 Å². The molecule has 0 aliphatic carbocycles. The van der Waals surface area contributed by atoms with Gasteiger partial charge in [0.25, 0.3) is 11.5 Å². The quantitative estimate of drug-likeness (QED) is 0.328. The average Bonchev–Trinajstić information content (AvgIpc) is 3.54. The van der Waals surface area contributed by atoms with E-state index < -0.39 is 5.91 Å². The second-order valence-corrected chi connectivity index (χ2v) is 9.40. The van der Waals surface area contributed by atoms with Crippen LogP contribution in [0.5, 0.6) is 0 Å². The number of carbonyl (C=O) groups excluding carboxylic acids is 1. The minimum Gasteiger partial charge on any atom is -0.381 e. The Balaban J connectivity index is 0.000000216. The second kappa shape index (κ2) is 11.2. The highest BCUT2D eigenvalue weighted by Crippen LogP contribution is 2.20. The Labute approximate surface area is 235 Å². The Kier molecular flexibility index (Phi) is 7.35. The van der Waals surface area contributed by atoms with Crippen molar-refractivity contribution in [3.8, 4) is 17.5 Å². The summed E-state index contributed by atoms with van der Waals surface area (Å²) in [6.07, 6.45) is 7.54. The summed E-state index contributed by atoms with van der Waals surface area (Å²) in [5.74, 6) is 5.77. The van der Waals surface area contributed by atoms with Gasteiger partial charge in [0.2, 0.25) is 0 Å². The fourth-order valence-corrected chi connectivity index (χ4v) is 4.52. The number of anilines is 1. The highest BCUT2D eigenvalue weighted by atomic mass is 16.1. The molecule has 0 saturated carbocycles. The van der Waals surface area contributed by atoms with Gasteiger partial charge in [-0.15, -0.1) is 5.10 Å². The van der Waals surface area contributed by atoms with Crippen LogP contribution in [0.25, 0.3) is 22.1 Å². The number of aromatic nitrogens is 6. The molecule has 4 aromatic heterocycles. The zero-order valence-corrected chi connectivity index (χ0v) is 22.9. The maximum atomic E-state index is 13.5. The highest BCUT2D eigenvalue weighted by molar-refractivity contribution is 6.03. The first kappa shape index (κ1) is 26.9. The van der Waals surface area contributed by atoms with Crippen LogP contribution >= 0.6 is 0 Å². The van der Waals surface area contributed by atoms with Gasteiger partial charge in [-0.3, -0.25) is 18.8 Å². The number of rotatable bonds is 3. The molecule has 204 valence electrons. The zero-order chi connectivity index (χ0) is 29.1. The first-order valence-corrected chi connectivity index (χ1v) is 12.9. The van der Waals surface area contributed by atoms with Gasteiger partial charge in [0.05, 0.1) is 17.1 Å². The van der Waals surface area contributed by atoms with Crippen molar-refractivity contribution in [2.45, 2.75) is 20.3 Å². The number of carbonyl (C=O) groups is 1. The molecule has 41 heavy (non-hydrogen) atoms. The van der Waals surface area contributed by atoms with E-state index >= 15 is 0 Å². The maximum Gasteiger partial charge on any atom is 0.264 e. The van der Waals surface area contributed by atoms with Crippen LogP contribution in [0.15, 0.2) is 84.2 Å². The molecular weight excluding hydrogens is 516 g/mol. The molecule has 2 aromatic carbocycles. The van der Waals surface area contributed by atoms with Gasteiger partial charge in [0.1, 0.15) is 5.56 Å². The van der Waals surface area contributed by atoms with E-state index in [1.54, 1.807) is 33.9 Å². The minimum absolute atomic E-state index is 0.0331. The number of nitrogens with two attached hydrogens (primary N) is 2. The van der Waals surface area contributed by atoms with Gasteiger partial charge in [-0.25, -0.2) is 9.50 Å². The molecule has 0 atom stereocenters. The second-order valence-electron chi connectivity index (χ2n) is 9.40. The lowest BCUT2D eigenvalue weighted by atomic mass is 10.0. The molecule has 4 heterocycles. The van der Waals surface area contributed by atoms with E-state index in [-0.39, 0.29) is 16.9 Å². The van der Waals surface area contributed by atoms with Gasteiger partial charge in [0.15, 0.2) is 11.5 Å². The van der Waals surface area contributed by atoms with Crippen LogP contribution in [-0.2, 0) is 13.5 Å². The summed E-state index contributed by atoms with van der Waals surface area (Å²) in [5.41, 5.74) is 15.7. The van der Waals surface area contributed by atoms with Crippen LogP contribution in [0.2, 0.25) is 0 Å². The SMILES string of the molecule is CCc1cc2cccc(C#Cc3cnn(C)c3)c2c(=O)n1-c1ccc(C)cc1.NC(=O)c1c(N)nn2cccnc12. The molecule has 0 unspecified atom stereocenters. The van der Waals surface area contributed by atoms with Crippen molar-refractivity contribution < 1.29 is 4.79 Å². The molecule has 0 aliphatic rings. The molecule has 0 spiro atoms. The Morgan fingerprint density at radius 1 is 1.07 bits per heavy atom. The molecule has 4 N–H and O–H groups in total. The Morgan fingerprint density at radius 3 is 2.54 bits per heavy atom. The molecular formula is C31H28N8O2. The van der Waals surface area contributed by atoms with Crippen LogP contribution < -0.4 is 17.0 Å². The van der Waals surface area contributed by atoms with Gasteiger partial charge < -0.3 is 11.5 Å². The number of aryl methyl sites for hydroxylation is 3. The maximum absolute atomic E-state index is 13.5. The molecule has 1 amide bonds. The normalized spacial score (nSPS) is 10.6. The van der Waals surface area contributed by atoms with Crippen LogP contribution in [0.4, 0.5) is 5.82 Å². The molecule has 0 fully saturated rings. The summed E-state index contributed by atoms with van der Waals surface area (Å²) in [6, 6.07) is 17.6. The van der Waals surface area contributed by atoms with Gasteiger partial charge in [-0.05, 0) is 49.1 Å². The van der Waals surface area contributed by atoms with Crippen LogP contribution in [0, 0.1) is 18.8 Å². The van der Waals surface area contributed by atoms with Crippen molar-refractivity contribution in [2.75, 3.05) is 5.73 Å². The van der Waals surface area contributed by atoms with Crippen molar-refractivity contribution in [2.24, 2.45) is 12.8 Å². The standard InChI is InChI=1S/C24H21N3O.C7H7N5O/c1-4-21-14-20-7-5-6-19(11-10-18-15-25-26(3)16-18)23(20)24(28)27(21)22-12-8-17(2)9-13-22;8-5-4(6(9)13)7-10-2-1-3-12(7)11-5/h5-9,12-16H,4H2,1-3H3;1-3H,(H2,8,11)(H2,9,13). The third-order valence-corrected chi connectivity index (χ3v) is 6.49. The molecule has 6 rings (SSSR count). The third-order valence-electron chi connectivity index (χ3n) is 6.49. The average molecular weight is 545 g/mol. The monoisotopic (exact) mass is 544 g/mol. The number of hydrogen-bond acceptors (Lipinski definition) is 6. The van der Waals surface area contributed by atoms with Crippen LogP contribution in [-0.4, -0.2) is 34.9 Å². The predicted octanol–water partition coefficient (Wildman–Crippen LogP) is 3.41. The fraction of sp³-hybridized carbons (Fsp3) is 0.129. The Hall–Kier alpha value is -5.69. The van der Waals surface area contributed by atoms with E-state index in [4.69, 9.17) is 11.5 Å². The molecule has 0 saturated heterocycles. The van der Waals surface area contributed by atoms with Crippen molar-refractivity contribution in [3.63, 3.8) is 0 Å². The number of pyridine rings is 1. The number of nitrogens with zero attached hydrogens (tertiary/aromatic N) is 6. The summed E-state index contributed by atoms with van der Waals surface area (Å²) in [5, 5.41) is 9.58. The van der Waals surface area contributed by atoms with Gasteiger partial charge >= 0.3 is 0 Å². The summed E-state index contributed by atoms with van der Waals surface area (Å²) < 4.78 is 4.93. The first-order chi connectivity index (χ1) is 19.8. The van der Waals surface area contributed by atoms with E-state index in [1.165, 1.54) is 10.1 Å². The minimum atomic E-state index is -0.619. The Morgan fingerprint density at radius 2 is 1.85 bits per heavy atom. The molecule has 10 nitrogen and oxygen atoms in total. The van der Waals surface area contributed by atoms with Gasteiger partial charge in [-0.1, -0.05) is 48.6 Å². The third kappa shape index (κ3) is 5.42. The molecule has 6 aromatic rings. The molecule has 10 heteroatoms. The number of primary amides is 1. The van der Waals surface area contributed by atoms with Crippen molar-refractivity contribution >= 4 is 28.1 Å². The highest BCUT2D eigenvalue weighted by Gasteiger charge is 2.15. The lowest BCUT2D eigenvalue weighted by Crippen LogP contribution is -2.22.